The normalized spacial score (nSPS) is 12.6. The van der Waals surface area contributed by atoms with Crippen molar-refractivity contribution in [2.75, 3.05) is 11.9 Å². The van der Waals surface area contributed by atoms with E-state index in [9.17, 15) is 19.6 Å². The van der Waals surface area contributed by atoms with Crippen molar-refractivity contribution in [1.29, 1.82) is 0 Å². The molecule has 8 heteroatoms. The summed E-state index contributed by atoms with van der Waals surface area (Å²) in [5.74, 6) is -0.297. The topological polar surface area (TPSA) is 124 Å². The Bertz CT molecular complexity index is 1460. The summed E-state index contributed by atoms with van der Waals surface area (Å²) in [7, 11) is 0. The second-order valence-electron chi connectivity index (χ2n) is 8.86. The lowest BCUT2D eigenvalue weighted by atomic mass is 9.93. The van der Waals surface area contributed by atoms with Crippen LogP contribution in [0, 0.1) is 11.8 Å². The molecule has 2 atom stereocenters. The molecule has 184 valence electrons. The molecular formula is C28H28N4O4. The van der Waals surface area contributed by atoms with E-state index in [-0.39, 0.29) is 30.5 Å². The first-order valence-electron chi connectivity index (χ1n) is 11.7. The van der Waals surface area contributed by atoms with E-state index in [1.165, 1.54) is 0 Å². The van der Waals surface area contributed by atoms with E-state index >= 15 is 0 Å². The van der Waals surface area contributed by atoms with Gasteiger partial charge in [0.15, 0.2) is 0 Å². The molecule has 0 aliphatic rings. The molecule has 4 rings (SSSR count). The van der Waals surface area contributed by atoms with Crippen LogP contribution in [0.3, 0.4) is 0 Å². The highest BCUT2D eigenvalue weighted by atomic mass is 16.3. The zero-order valence-corrected chi connectivity index (χ0v) is 20.1. The standard InChI is InChI=1S/C28H28N4O4/c1-17-12-21(7-9-24(17)18(2)16-33)26(28(35)30-15-19-4-3-5-23(13-19)32-36)31-22-8-6-20-10-11-29-27(34)25(20)14-22/h3-14,18,26,31,33H,15-16H2,1-2H3,(H,29,34)(H,30,35)/t18-,26?/m0/s1. The highest BCUT2D eigenvalue weighted by Gasteiger charge is 2.22. The summed E-state index contributed by atoms with van der Waals surface area (Å²) in [6.07, 6.45) is 1.60. The molecule has 0 saturated heterocycles. The van der Waals surface area contributed by atoms with Gasteiger partial charge in [0.2, 0.25) is 5.91 Å². The van der Waals surface area contributed by atoms with Crippen LogP contribution in [0.25, 0.3) is 10.8 Å². The highest BCUT2D eigenvalue weighted by Crippen LogP contribution is 2.27. The molecule has 4 aromatic rings. The van der Waals surface area contributed by atoms with Crippen molar-refractivity contribution in [2.45, 2.75) is 32.4 Å². The quantitative estimate of drug-likeness (QED) is 0.254. The number of carbonyl (C=O) groups is 1. The van der Waals surface area contributed by atoms with Gasteiger partial charge in [-0.05, 0) is 70.1 Å². The Balaban J connectivity index is 1.65. The largest absolute Gasteiger partial charge is 0.396 e. The number of hydrogen-bond donors (Lipinski definition) is 4. The lowest BCUT2D eigenvalue weighted by Gasteiger charge is -2.22. The molecule has 0 spiro atoms. The number of nitrogens with zero attached hydrogens (tertiary/aromatic N) is 1. The fourth-order valence-corrected chi connectivity index (χ4v) is 4.28. The molecule has 36 heavy (non-hydrogen) atoms. The molecule has 0 aliphatic carbocycles. The van der Waals surface area contributed by atoms with Crippen LogP contribution in [0.1, 0.15) is 41.1 Å². The first kappa shape index (κ1) is 24.8. The third-order valence-corrected chi connectivity index (χ3v) is 6.26. The fourth-order valence-electron chi connectivity index (χ4n) is 4.28. The van der Waals surface area contributed by atoms with Gasteiger partial charge in [0.1, 0.15) is 11.7 Å². The molecule has 0 aliphatic heterocycles. The van der Waals surface area contributed by atoms with Gasteiger partial charge in [-0.25, -0.2) is 0 Å². The van der Waals surface area contributed by atoms with E-state index in [0.29, 0.717) is 16.8 Å². The number of aromatic nitrogens is 1. The van der Waals surface area contributed by atoms with Gasteiger partial charge in [-0.2, -0.15) is 0 Å². The lowest BCUT2D eigenvalue weighted by Crippen LogP contribution is -2.33. The van der Waals surface area contributed by atoms with Crippen LogP contribution in [0.4, 0.5) is 11.4 Å². The summed E-state index contributed by atoms with van der Waals surface area (Å²) in [4.78, 5) is 39.2. The van der Waals surface area contributed by atoms with Crippen LogP contribution < -0.4 is 16.2 Å². The van der Waals surface area contributed by atoms with E-state index in [1.807, 2.05) is 56.3 Å². The van der Waals surface area contributed by atoms with E-state index in [2.05, 4.69) is 20.8 Å². The number of H-pyrrole nitrogens is 1. The summed E-state index contributed by atoms with van der Waals surface area (Å²) in [5.41, 5.74) is 4.17. The van der Waals surface area contributed by atoms with Crippen molar-refractivity contribution in [3.05, 3.63) is 110 Å². The van der Waals surface area contributed by atoms with Crippen LogP contribution in [-0.4, -0.2) is 22.6 Å². The van der Waals surface area contributed by atoms with Gasteiger partial charge in [-0.3, -0.25) is 9.59 Å². The maximum absolute atomic E-state index is 13.4. The molecule has 4 N–H and O–H groups in total. The maximum atomic E-state index is 13.4. The maximum Gasteiger partial charge on any atom is 0.255 e. The van der Waals surface area contributed by atoms with Crippen LogP contribution in [0.5, 0.6) is 0 Å². The lowest BCUT2D eigenvalue weighted by molar-refractivity contribution is -0.122. The predicted molar refractivity (Wildman–Crippen MR) is 141 cm³/mol. The molecular weight excluding hydrogens is 456 g/mol. The number of hydrogen-bond acceptors (Lipinski definition) is 6. The van der Waals surface area contributed by atoms with Crippen LogP contribution in [0.15, 0.2) is 82.9 Å². The average molecular weight is 485 g/mol. The highest BCUT2D eigenvalue weighted by molar-refractivity contribution is 5.89. The van der Waals surface area contributed by atoms with Gasteiger partial charge < -0.3 is 20.7 Å². The van der Waals surface area contributed by atoms with Gasteiger partial charge in [0.05, 0.1) is 0 Å². The number of amides is 1. The minimum absolute atomic E-state index is 0.0230. The number of nitroso groups, excluding NO2 is 1. The second kappa shape index (κ2) is 11.0. The molecule has 0 fully saturated rings. The average Bonchev–Trinajstić information content (AvgIpc) is 2.90. The zero-order valence-electron chi connectivity index (χ0n) is 20.1. The minimum Gasteiger partial charge on any atom is -0.396 e. The number of aromatic amines is 1. The van der Waals surface area contributed by atoms with Gasteiger partial charge in [-0.15, -0.1) is 4.91 Å². The van der Waals surface area contributed by atoms with Crippen LogP contribution in [-0.2, 0) is 11.3 Å². The molecule has 1 amide bonds. The van der Waals surface area contributed by atoms with E-state index in [4.69, 9.17) is 0 Å². The Morgan fingerprint density at radius 3 is 2.67 bits per heavy atom. The molecule has 8 nitrogen and oxygen atoms in total. The molecule has 0 bridgehead atoms. The van der Waals surface area contributed by atoms with Crippen molar-refractivity contribution < 1.29 is 9.90 Å². The Morgan fingerprint density at radius 1 is 1.08 bits per heavy atom. The zero-order chi connectivity index (χ0) is 25.7. The second-order valence-corrected chi connectivity index (χ2v) is 8.86. The van der Waals surface area contributed by atoms with Crippen LogP contribution >= 0.6 is 0 Å². The molecule has 3 aromatic carbocycles. The summed E-state index contributed by atoms with van der Waals surface area (Å²) in [6.45, 7) is 4.14. The van der Waals surface area contributed by atoms with Crippen molar-refractivity contribution in [1.82, 2.24) is 10.3 Å². The number of fused-ring (bicyclic) bond motifs is 1. The fraction of sp³-hybridized carbons (Fsp3) is 0.214. The summed E-state index contributed by atoms with van der Waals surface area (Å²) < 4.78 is 0. The first-order valence-corrected chi connectivity index (χ1v) is 11.7. The summed E-state index contributed by atoms with van der Waals surface area (Å²) in [5, 5.41) is 20.0. The predicted octanol–water partition coefficient (Wildman–Crippen LogP) is 4.80. The molecule has 0 radical (unpaired) electrons. The van der Waals surface area contributed by atoms with Crippen LogP contribution in [0.2, 0.25) is 0 Å². The van der Waals surface area contributed by atoms with E-state index in [1.54, 1.807) is 30.5 Å². The third-order valence-electron chi connectivity index (χ3n) is 6.26. The van der Waals surface area contributed by atoms with Gasteiger partial charge in [0.25, 0.3) is 5.56 Å². The summed E-state index contributed by atoms with van der Waals surface area (Å²) in [6, 6.07) is 18.9. The first-order chi connectivity index (χ1) is 17.4. The molecule has 1 heterocycles. The number of anilines is 1. The number of benzene rings is 3. The summed E-state index contributed by atoms with van der Waals surface area (Å²) >= 11 is 0. The van der Waals surface area contributed by atoms with Gasteiger partial charge in [0, 0.05) is 36.3 Å². The number of aliphatic hydroxyl groups excluding tert-OH is 1. The van der Waals surface area contributed by atoms with Gasteiger partial charge in [-0.1, -0.05) is 43.3 Å². The Kier molecular flexibility index (Phi) is 7.56. The minimum atomic E-state index is -0.755. The number of pyridine rings is 1. The Labute approximate surface area is 208 Å². The van der Waals surface area contributed by atoms with Crippen molar-refractivity contribution in [3.63, 3.8) is 0 Å². The van der Waals surface area contributed by atoms with Crippen molar-refractivity contribution >= 4 is 28.1 Å². The number of aryl methyl sites for hydroxylation is 1. The smallest absolute Gasteiger partial charge is 0.255 e. The molecule has 1 unspecified atom stereocenters. The number of rotatable bonds is 9. The number of nitrogens with one attached hydrogen (secondary N) is 3. The van der Waals surface area contributed by atoms with E-state index in [0.717, 1.165) is 27.6 Å². The number of aliphatic hydroxyl groups is 1. The Morgan fingerprint density at radius 2 is 1.92 bits per heavy atom. The monoisotopic (exact) mass is 484 g/mol. The SMILES string of the molecule is Cc1cc(C(Nc2ccc3cc[nH]c(=O)c3c2)C(=O)NCc2cccc(N=O)c2)ccc1[C@@H](C)CO. The van der Waals surface area contributed by atoms with E-state index < -0.39 is 6.04 Å². The molecule has 0 saturated carbocycles. The number of carbonyl (C=O) groups excluding carboxylic acids is 1. The third kappa shape index (κ3) is 5.50. The van der Waals surface area contributed by atoms with Gasteiger partial charge >= 0.3 is 0 Å². The molecule has 1 aromatic heterocycles. The van der Waals surface area contributed by atoms with Crippen molar-refractivity contribution in [3.8, 4) is 0 Å². The Hall–Kier alpha value is -4.30. The van der Waals surface area contributed by atoms with Crippen molar-refractivity contribution in [2.24, 2.45) is 5.18 Å².